The van der Waals surface area contributed by atoms with Gasteiger partial charge in [0.15, 0.2) is 5.11 Å². The van der Waals surface area contributed by atoms with Crippen LogP contribution in [0.2, 0.25) is 0 Å². The highest BCUT2D eigenvalue weighted by molar-refractivity contribution is 9.10. The van der Waals surface area contributed by atoms with E-state index in [1.54, 1.807) is 36.4 Å². The average molecular weight is 409 g/mol. The van der Waals surface area contributed by atoms with Gasteiger partial charge in [-0.15, -0.1) is 0 Å². The first kappa shape index (κ1) is 17.9. The normalized spacial score (nSPS) is 9.92. The first-order valence-electron chi connectivity index (χ1n) is 6.70. The van der Waals surface area contributed by atoms with Crippen molar-refractivity contribution in [3.05, 3.63) is 58.1 Å². The van der Waals surface area contributed by atoms with Crippen LogP contribution >= 0.6 is 28.1 Å². The third kappa shape index (κ3) is 4.30. The number of para-hydroxylation sites is 1. The topological polar surface area (TPSA) is 87.7 Å². The van der Waals surface area contributed by atoms with Gasteiger partial charge >= 0.3 is 5.97 Å². The van der Waals surface area contributed by atoms with Crippen LogP contribution in [0.15, 0.2) is 46.9 Å². The molecule has 0 atom stereocenters. The Morgan fingerprint density at radius 3 is 2.54 bits per heavy atom. The van der Waals surface area contributed by atoms with E-state index in [4.69, 9.17) is 22.1 Å². The number of ether oxygens (including phenoxy) is 1. The summed E-state index contributed by atoms with van der Waals surface area (Å²) >= 11 is 8.37. The van der Waals surface area contributed by atoms with E-state index in [-0.39, 0.29) is 10.7 Å². The van der Waals surface area contributed by atoms with E-state index < -0.39 is 11.9 Å². The molecule has 0 aliphatic rings. The number of carbonyl (C=O) groups excluding carboxylic acids is 1. The molecule has 3 N–H and O–H groups in total. The zero-order chi connectivity index (χ0) is 17.7. The number of methoxy groups -OCH3 is 1. The number of halogens is 1. The second-order valence-corrected chi connectivity index (χ2v) is 5.87. The molecule has 0 fully saturated rings. The zero-order valence-electron chi connectivity index (χ0n) is 12.5. The lowest BCUT2D eigenvalue weighted by molar-refractivity contribution is 0.0698. The Bertz CT molecular complexity index is 810. The van der Waals surface area contributed by atoms with Gasteiger partial charge < -0.3 is 15.2 Å². The van der Waals surface area contributed by atoms with E-state index in [1.807, 2.05) is 0 Å². The van der Waals surface area contributed by atoms with Gasteiger partial charge in [-0.25, -0.2) is 4.79 Å². The zero-order valence-corrected chi connectivity index (χ0v) is 14.9. The molecule has 0 aliphatic carbocycles. The number of carboxylic acid groups (broad SMARTS) is 1. The molecule has 2 aromatic carbocycles. The summed E-state index contributed by atoms with van der Waals surface area (Å²) in [5.74, 6) is -0.919. The summed E-state index contributed by atoms with van der Waals surface area (Å²) in [6.45, 7) is 0. The Hall–Kier alpha value is -2.45. The maximum atomic E-state index is 12.2. The second-order valence-electron chi connectivity index (χ2n) is 4.61. The number of carbonyl (C=O) groups is 2. The second kappa shape index (κ2) is 7.89. The van der Waals surface area contributed by atoms with Gasteiger partial charge in [0.2, 0.25) is 0 Å². The quantitative estimate of drug-likeness (QED) is 0.672. The molecular weight excluding hydrogens is 396 g/mol. The molecule has 8 heteroatoms. The van der Waals surface area contributed by atoms with Gasteiger partial charge in [0.05, 0.1) is 22.8 Å². The van der Waals surface area contributed by atoms with E-state index in [9.17, 15) is 9.59 Å². The van der Waals surface area contributed by atoms with E-state index in [2.05, 4.69) is 26.6 Å². The van der Waals surface area contributed by atoms with Crippen LogP contribution in [0.5, 0.6) is 5.75 Å². The summed E-state index contributed by atoms with van der Waals surface area (Å²) in [4.78, 5) is 23.4. The predicted octanol–water partition coefficient (Wildman–Crippen LogP) is 3.28. The summed E-state index contributed by atoms with van der Waals surface area (Å²) in [6.07, 6.45) is 0. The fourth-order valence-electron chi connectivity index (χ4n) is 1.92. The predicted molar refractivity (Wildman–Crippen MR) is 97.8 cm³/mol. The van der Waals surface area contributed by atoms with Crippen LogP contribution in [0, 0.1) is 0 Å². The van der Waals surface area contributed by atoms with Gasteiger partial charge in [-0.1, -0.05) is 12.1 Å². The van der Waals surface area contributed by atoms with Crippen molar-refractivity contribution in [2.75, 3.05) is 12.4 Å². The SMILES string of the molecule is COc1ccc(C(=O)NC(=S)Nc2ccccc2C(=O)O)cc1Br. The van der Waals surface area contributed by atoms with Crippen molar-refractivity contribution in [3.8, 4) is 5.75 Å². The number of nitrogens with one attached hydrogen (secondary N) is 2. The molecule has 0 aromatic heterocycles. The highest BCUT2D eigenvalue weighted by atomic mass is 79.9. The number of rotatable bonds is 4. The molecule has 0 saturated carbocycles. The van der Waals surface area contributed by atoms with Gasteiger partial charge in [-0.05, 0) is 58.5 Å². The molecule has 2 rings (SSSR count). The fourth-order valence-corrected chi connectivity index (χ4v) is 2.66. The van der Waals surface area contributed by atoms with E-state index in [1.165, 1.54) is 13.2 Å². The molecule has 0 bridgehead atoms. The van der Waals surface area contributed by atoms with Crippen LogP contribution in [0.4, 0.5) is 5.69 Å². The Morgan fingerprint density at radius 2 is 1.92 bits per heavy atom. The highest BCUT2D eigenvalue weighted by Crippen LogP contribution is 2.25. The lowest BCUT2D eigenvalue weighted by atomic mass is 10.2. The number of anilines is 1. The number of benzene rings is 2. The Balaban J connectivity index is 2.09. The van der Waals surface area contributed by atoms with Crippen LogP contribution in [-0.4, -0.2) is 29.2 Å². The highest BCUT2D eigenvalue weighted by Gasteiger charge is 2.13. The molecule has 124 valence electrons. The monoisotopic (exact) mass is 408 g/mol. The molecule has 0 spiro atoms. The number of thiocarbonyl (C=S) groups is 1. The van der Waals surface area contributed by atoms with Crippen LogP contribution < -0.4 is 15.4 Å². The van der Waals surface area contributed by atoms with E-state index in [0.29, 0.717) is 21.5 Å². The van der Waals surface area contributed by atoms with Crippen LogP contribution in [0.25, 0.3) is 0 Å². The van der Waals surface area contributed by atoms with Crippen molar-refractivity contribution in [1.29, 1.82) is 0 Å². The minimum absolute atomic E-state index is 0.000593. The third-order valence-corrected chi connectivity index (χ3v) is 3.87. The number of aromatic carboxylic acids is 1. The molecular formula is C16H13BrN2O4S. The molecule has 2 aromatic rings. The van der Waals surface area contributed by atoms with Crippen LogP contribution in [-0.2, 0) is 0 Å². The minimum atomic E-state index is -1.09. The lowest BCUT2D eigenvalue weighted by Gasteiger charge is -2.12. The average Bonchev–Trinajstić information content (AvgIpc) is 2.54. The standard InChI is InChI=1S/C16H13BrN2O4S/c1-23-13-7-6-9(8-11(13)17)14(20)19-16(24)18-12-5-3-2-4-10(12)15(21)22/h2-8H,1H3,(H,21,22)(H2,18,19,20,24). The molecule has 6 nitrogen and oxygen atoms in total. The largest absolute Gasteiger partial charge is 0.496 e. The summed E-state index contributed by atoms with van der Waals surface area (Å²) < 4.78 is 5.74. The summed E-state index contributed by atoms with van der Waals surface area (Å²) in [5, 5.41) is 14.3. The van der Waals surface area contributed by atoms with Crippen LogP contribution in [0.1, 0.15) is 20.7 Å². The Kier molecular flexibility index (Phi) is 5.88. The molecule has 0 aliphatic heterocycles. The van der Waals surface area contributed by atoms with Crippen molar-refractivity contribution >= 4 is 50.8 Å². The summed E-state index contributed by atoms with van der Waals surface area (Å²) in [6, 6.07) is 11.1. The molecule has 0 unspecified atom stereocenters. The number of amides is 1. The van der Waals surface area contributed by atoms with Gasteiger partial charge in [0.1, 0.15) is 5.75 Å². The maximum Gasteiger partial charge on any atom is 0.337 e. The Morgan fingerprint density at radius 1 is 1.21 bits per heavy atom. The molecule has 0 radical (unpaired) electrons. The minimum Gasteiger partial charge on any atom is -0.496 e. The molecule has 1 amide bonds. The van der Waals surface area contributed by atoms with Gasteiger partial charge in [0.25, 0.3) is 5.91 Å². The summed E-state index contributed by atoms with van der Waals surface area (Å²) in [5.41, 5.74) is 0.728. The molecule has 24 heavy (non-hydrogen) atoms. The number of hydrogen-bond acceptors (Lipinski definition) is 4. The lowest BCUT2D eigenvalue weighted by Crippen LogP contribution is -2.34. The third-order valence-electron chi connectivity index (χ3n) is 3.05. The maximum absolute atomic E-state index is 12.2. The molecule has 0 heterocycles. The molecule has 0 saturated heterocycles. The Labute approximate surface area is 152 Å². The van der Waals surface area contributed by atoms with E-state index >= 15 is 0 Å². The van der Waals surface area contributed by atoms with E-state index in [0.717, 1.165) is 0 Å². The van der Waals surface area contributed by atoms with Crippen LogP contribution in [0.3, 0.4) is 0 Å². The van der Waals surface area contributed by atoms with Gasteiger partial charge in [-0.2, -0.15) is 0 Å². The fraction of sp³-hybridized carbons (Fsp3) is 0.0625. The first-order chi connectivity index (χ1) is 11.4. The van der Waals surface area contributed by atoms with Crippen molar-refractivity contribution in [2.24, 2.45) is 0 Å². The first-order valence-corrected chi connectivity index (χ1v) is 7.90. The van der Waals surface area contributed by atoms with Crippen molar-refractivity contribution in [2.45, 2.75) is 0 Å². The summed E-state index contributed by atoms with van der Waals surface area (Å²) in [7, 11) is 1.53. The van der Waals surface area contributed by atoms with Gasteiger partial charge in [-0.3, -0.25) is 10.1 Å². The van der Waals surface area contributed by atoms with Crippen molar-refractivity contribution < 1.29 is 19.4 Å². The smallest absolute Gasteiger partial charge is 0.337 e. The van der Waals surface area contributed by atoms with Crippen molar-refractivity contribution in [3.63, 3.8) is 0 Å². The van der Waals surface area contributed by atoms with Gasteiger partial charge in [0, 0.05) is 5.56 Å². The number of hydrogen-bond donors (Lipinski definition) is 3. The number of carboxylic acids is 1. The van der Waals surface area contributed by atoms with Crippen molar-refractivity contribution in [1.82, 2.24) is 5.32 Å².